The summed E-state index contributed by atoms with van der Waals surface area (Å²) in [6.45, 7) is 4.24. The van der Waals surface area contributed by atoms with E-state index in [1.165, 1.54) is 449 Å². The Bertz CT molecular complexity index is 1280. The van der Waals surface area contributed by atoms with Crippen LogP contribution in [0.25, 0.3) is 0 Å². The minimum absolute atomic E-state index is 0.0550. The largest absolute Gasteiger partial charge is 0.462 e. The fraction of sp³-hybridized carbons (Fsp3) is 0.976. The molecule has 0 amide bonds. The van der Waals surface area contributed by atoms with Crippen LogP contribution < -0.4 is 0 Å². The van der Waals surface area contributed by atoms with Gasteiger partial charge >= 0.3 is 11.9 Å². The molecule has 0 aromatic carbocycles. The quantitative estimate of drug-likeness (QED) is 0.0485. The third-order valence-electron chi connectivity index (χ3n) is 20.2. The Morgan fingerprint density at radius 2 is 0.348 bits per heavy atom. The Kier molecular flexibility index (Phi) is 80.1. The summed E-state index contributed by atoms with van der Waals surface area (Å²) in [4.78, 5) is 24.7. The lowest BCUT2D eigenvalue weighted by Gasteiger charge is -2.15. The van der Waals surface area contributed by atoms with Gasteiger partial charge in [-0.15, -0.1) is 0 Å². The van der Waals surface area contributed by atoms with Gasteiger partial charge in [0, 0.05) is 12.8 Å². The van der Waals surface area contributed by atoms with Crippen molar-refractivity contribution < 1.29 is 24.2 Å². The molecule has 0 aliphatic carbocycles. The molecule has 1 unspecified atom stereocenters. The fourth-order valence-electron chi connectivity index (χ4n) is 13.9. The molecule has 5 heteroatoms. The molecule has 532 valence electrons. The summed E-state index contributed by atoms with van der Waals surface area (Å²) < 4.78 is 10.8. The number of carbonyl (C=O) groups is 2. The number of carbonyl (C=O) groups excluding carboxylic acids is 2. The van der Waals surface area contributed by atoms with Crippen LogP contribution in [0.4, 0.5) is 0 Å². The number of esters is 2. The predicted octanol–water partition coefficient (Wildman–Crippen LogP) is 29.5. The highest BCUT2D eigenvalue weighted by atomic mass is 16.6. The molecule has 1 N–H and O–H groups in total. The summed E-state index contributed by atoms with van der Waals surface area (Å²) in [7, 11) is 0. The molecule has 0 heterocycles. The number of rotatable bonds is 81. The van der Waals surface area contributed by atoms with Gasteiger partial charge in [0.15, 0.2) is 6.10 Å². The molecule has 0 fully saturated rings. The normalized spacial score (nSPS) is 12.0. The third kappa shape index (κ3) is 79.3. The van der Waals surface area contributed by atoms with Gasteiger partial charge in [-0.1, -0.05) is 483 Å². The van der Waals surface area contributed by atoms with Gasteiger partial charge in [0.05, 0.1) is 6.61 Å². The Balaban J connectivity index is 3.32. The lowest BCUT2D eigenvalue weighted by molar-refractivity contribution is -0.161. The summed E-state index contributed by atoms with van der Waals surface area (Å²) in [5.41, 5.74) is 0. The number of aliphatic hydroxyl groups excluding tert-OH is 1. The first kappa shape index (κ1) is 87.9. The standard InChI is InChI=1S/C84H166O5/c1-3-5-7-9-11-13-15-17-19-21-23-25-27-29-31-33-35-37-39-41-43-45-47-49-51-53-55-57-59-61-63-65-67-69-71-73-75-77-79-84(87)89-82(80-85)81-88-83(86)78-76-74-72-70-68-66-64-62-60-58-56-54-52-50-48-46-44-42-40-38-36-34-32-30-28-26-24-22-20-18-16-14-12-10-8-6-4-2/h82,85H,3-81H2,1-2H3. The van der Waals surface area contributed by atoms with Crippen LogP contribution in [0.3, 0.4) is 0 Å². The number of hydrogen-bond donors (Lipinski definition) is 1. The SMILES string of the molecule is CCCCCCCCCCCCCCCCCCCCCCCCCCCCCCCCCCCCCCCCC(=O)OC(CO)COC(=O)CCCCCCCCCCCCCCCCCCCCCCCCCCCCCCCCCCCCCCC. The van der Waals surface area contributed by atoms with Crippen LogP contribution in [0.15, 0.2) is 0 Å². The van der Waals surface area contributed by atoms with Crippen molar-refractivity contribution in [3.63, 3.8) is 0 Å². The van der Waals surface area contributed by atoms with E-state index in [-0.39, 0.29) is 25.2 Å². The van der Waals surface area contributed by atoms with E-state index in [2.05, 4.69) is 13.8 Å². The van der Waals surface area contributed by atoms with Crippen molar-refractivity contribution >= 4 is 11.9 Å². The van der Waals surface area contributed by atoms with Gasteiger partial charge in [0.2, 0.25) is 0 Å². The first-order valence-electron chi connectivity index (χ1n) is 42.1. The lowest BCUT2D eigenvalue weighted by Crippen LogP contribution is -2.28. The van der Waals surface area contributed by atoms with Crippen molar-refractivity contribution in [1.29, 1.82) is 0 Å². The van der Waals surface area contributed by atoms with Gasteiger partial charge in [0.1, 0.15) is 6.61 Å². The highest BCUT2D eigenvalue weighted by Crippen LogP contribution is 2.21. The van der Waals surface area contributed by atoms with Crippen molar-refractivity contribution in [1.82, 2.24) is 0 Å². The zero-order chi connectivity index (χ0) is 64.0. The van der Waals surface area contributed by atoms with E-state index < -0.39 is 6.10 Å². The molecule has 0 bridgehead atoms. The van der Waals surface area contributed by atoms with Crippen LogP contribution in [0, 0.1) is 0 Å². The van der Waals surface area contributed by atoms with Crippen molar-refractivity contribution in [3.05, 3.63) is 0 Å². The topological polar surface area (TPSA) is 72.8 Å². The molecule has 0 rings (SSSR count). The maximum Gasteiger partial charge on any atom is 0.306 e. The monoisotopic (exact) mass is 1260 g/mol. The Labute approximate surface area is 560 Å². The summed E-state index contributed by atoms with van der Waals surface area (Å²) >= 11 is 0. The van der Waals surface area contributed by atoms with Gasteiger partial charge in [0.25, 0.3) is 0 Å². The Morgan fingerprint density at radius 1 is 0.213 bits per heavy atom. The van der Waals surface area contributed by atoms with Crippen LogP contribution in [-0.2, 0) is 19.1 Å². The minimum Gasteiger partial charge on any atom is -0.462 e. The number of ether oxygens (including phenoxy) is 2. The van der Waals surface area contributed by atoms with Gasteiger partial charge in [-0.05, 0) is 12.8 Å². The molecule has 0 spiro atoms. The van der Waals surface area contributed by atoms with Crippen LogP contribution >= 0.6 is 0 Å². The number of hydrogen-bond acceptors (Lipinski definition) is 5. The Morgan fingerprint density at radius 3 is 0.494 bits per heavy atom. The van der Waals surface area contributed by atoms with E-state index in [1.807, 2.05) is 0 Å². The average Bonchev–Trinajstić information content (AvgIpc) is 3.54. The Hall–Kier alpha value is -1.10. The highest BCUT2D eigenvalue weighted by Gasteiger charge is 2.16. The van der Waals surface area contributed by atoms with E-state index in [0.29, 0.717) is 12.8 Å². The molecule has 0 saturated heterocycles. The maximum atomic E-state index is 12.4. The van der Waals surface area contributed by atoms with Gasteiger partial charge < -0.3 is 14.6 Å². The van der Waals surface area contributed by atoms with Crippen LogP contribution in [0.5, 0.6) is 0 Å². The van der Waals surface area contributed by atoms with Crippen molar-refractivity contribution in [3.8, 4) is 0 Å². The fourth-order valence-corrected chi connectivity index (χ4v) is 13.9. The highest BCUT2D eigenvalue weighted by molar-refractivity contribution is 5.70. The molecule has 5 nitrogen and oxygen atoms in total. The number of unbranched alkanes of at least 4 members (excludes halogenated alkanes) is 73. The molecular weight excluding hydrogens is 1090 g/mol. The first-order chi connectivity index (χ1) is 44.1. The molecular formula is C84H166O5. The van der Waals surface area contributed by atoms with Crippen LogP contribution in [0.1, 0.15) is 508 Å². The average molecular weight is 1260 g/mol. The summed E-state index contributed by atoms with van der Waals surface area (Å²) in [6.07, 6.45) is 105. The van der Waals surface area contributed by atoms with Crippen molar-refractivity contribution in [2.45, 2.75) is 514 Å². The van der Waals surface area contributed by atoms with Crippen LogP contribution in [-0.4, -0.2) is 36.4 Å². The molecule has 0 aromatic heterocycles. The van der Waals surface area contributed by atoms with Crippen LogP contribution in [0.2, 0.25) is 0 Å². The van der Waals surface area contributed by atoms with E-state index in [0.717, 1.165) is 32.1 Å². The second kappa shape index (κ2) is 81.1. The molecule has 0 radical (unpaired) electrons. The van der Waals surface area contributed by atoms with Gasteiger partial charge in [-0.3, -0.25) is 9.59 Å². The second-order valence-electron chi connectivity index (χ2n) is 29.3. The second-order valence-corrected chi connectivity index (χ2v) is 29.3. The lowest BCUT2D eigenvalue weighted by atomic mass is 10.0. The zero-order valence-electron chi connectivity index (χ0n) is 61.5. The molecule has 0 aromatic rings. The zero-order valence-corrected chi connectivity index (χ0v) is 61.5. The molecule has 89 heavy (non-hydrogen) atoms. The van der Waals surface area contributed by atoms with E-state index in [1.54, 1.807) is 0 Å². The van der Waals surface area contributed by atoms with Crippen molar-refractivity contribution in [2.24, 2.45) is 0 Å². The van der Waals surface area contributed by atoms with E-state index in [9.17, 15) is 14.7 Å². The summed E-state index contributed by atoms with van der Waals surface area (Å²) in [6, 6.07) is 0. The maximum absolute atomic E-state index is 12.4. The predicted molar refractivity (Wildman–Crippen MR) is 395 cm³/mol. The molecule has 0 aliphatic heterocycles. The molecule has 1 atom stereocenters. The van der Waals surface area contributed by atoms with E-state index in [4.69, 9.17) is 9.47 Å². The molecule has 0 aliphatic rings. The summed E-state index contributed by atoms with van der Waals surface area (Å²) in [5.74, 6) is -0.554. The number of aliphatic hydroxyl groups is 1. The first-order valence-corrected chi connectivity index (χ1v) is 42.1. The third-order valence-corrected chi connectivity index (χ3v) is 20.2. The van der Waals surface area contributed by atoms with Gasteiger partial charge in [-0.2, -0.15) is 0 Å². The smallest absolute Gasteiger partial charge is 0.306 e. The van der Waals surface area contributed by atoms with Crippen molar-refractivity contribution in [2.75, 3.05) is 13.2 Å². The minimum atomic E-state index is -0.767. The summed E-state index contributed by atoms with van der Waals surface area (Å²) in [5, 5.41) is 9.74. The molecule has 0 saturated carbocycles. The van der Waals surface area contributed by atoms with E-state index >= 15 is 0 Å². The van der Waals surface area contributed by atoms with Gasteiger partial charge in [-0.25, -0.2) is 0 Å².